The zero-order valence-corrected chi connectivity index (χ0v) is 16.9. The minimum absolute atomic E-state index is 0.0115. The fourth-order valence-corrected chi connectivity index (χ4v) is 3.55. The second kappa shape index (κ2) is 9.41. The van der Waals surface area contributed by atoms with E-state index in [2.05, 4.69) is 5.32 Å². The summed E-state index contributed by atoms with van der Waals surface area (Å²) in [5.41, 5.74) is 1.81. The number of carbonyl (C=O) groups is 3. The molecule has 0 spiro atoms. The standard InChI is InChI=1S/C22H27N3O4/c1-3-24(4-2)21(27)17-5-7-19(8-6-17)23-20(26)16-9-12-25(13-10-16)22(28)18-11-14-29-15-18/h5-8,11,14-16H,3-4,9-10,12-13H2,1-2H3,(H,23,26). The highest BCUT2D eigenvalue weighted by atomic mass is 16.3. The second-order valence-electron chi connectivity index (χ2n) is 7.12. The molecule has 1 aliphatic heterocycles. The molecule has 0 saturated carbocycles. The summed E-state index contributed by atoms with van der Waals surface area (Å²) in [4.78, 5) is 40.8. The third-order valence-electron chi connectivity index (χ3n) is 5.37. The van der Waals surface area contributed by atoms with Crippen LogP contribution in [0.3, 0.4) is 0 Å². The number of nitrogens with zero attached hydrogens (tertiary/aromatic N) is 2. The van der Waals surface area contributed by atoms with Crippen LogP contribution in [0.5, 0.6) is 0 Å². The largest absolute Gasteiger partial charge is 0.472 e. The smallest absolute Gasteiger partial charge is 0.257 e. The van der Waals surface area contributed by atoms with E-state index < -0.39 is 0 Å². The molecule has 3 amide bonds. The lowest BCUT2D eigenvalue weighted by atomic mass is 9.95. The maximum Gasteiger partial charge on any atom is 0.257 e. The molecule has 1 aromatic carbocycles. The molecule has 1 aromatic heterocycles. The molecule has 0 aliphatic carbocycles. The van der Waals surface area contributed by atoms with E-state index in [0.717, 1.165) is 0 Å². The Kier molecular flexibility index (Phi) is 6.69. The number of piperidine rings is 1. The van der Waals surface area contributed by atoms with Gasteiger partial charge < -0.3 is 19.5 Å². The number of hydrogen-bond acceptors (Lipinski definition) is 4. The van der Waals surface area contributed by atoms with E-state index >= 15 is 0 Å². The first kappa shape index (κ1) is 20.6. The third kappa shape index (κ3) is 4.85. The van der Waals surface area contributed by atoms with Gasteiger partial charge in [-0.25, -0.2) is 0 Å². The predicted octanol–water partition coefficient (Wildman–Crippen LogP) is 3.25. The van der Waals surface area contributed by atoms with Gasteiger partial charge in [0.1, 0.15) is 6.26 Å². The summed E-state index contributed by atoms with van der Waals surface area (Å²) >= 11 is 0. The van der Waals surface area contributed by atoms with Gasteiger partial charge in [-0.2, -0.15) is 0 Å². The van der Waals surface area contributed by atoms with Crippen LogP contribution in [0.1, 0.15) is 47.4 Å². The number of anilines is 1. The molecular formula is C22H27N3O4. The lowest BCUT2D eigenvalue weighted by molar-refractivity contribution is -0.121. The number of rotatable bonds is 6. The zero-order valence-electron chi connectivity index (χ0n) is 16.9. The molecule has 7 nitrogen and oxygen atoms in total. The number of carbonyl (C=O) groups excluding carboxylic acids is 3. The Morgan fingerprint density at radius 2 is 1.69 bits per heavy atom. The van der Waals surface area contributed by atoms with Gasteiger partial charge in [0.15, 0.2) is 0 Å². The van der Waals surface area contributed by atoms with Gasteiger partial charge in [-0.3, -0.25) is 14.4 Å². The van der Waals surface area contributed by atoms with Gasteiger partial charge in [0.05, 0.1) is 11.8 Å². The molecule has 1 N–H and O–H groups in total. The maximum atomic E-state index is 12.6. The predicted molar refractivity (Wildman–Crippen MR) is 110 cm³/mol. The number of likely N-dealkylation sites (tertiary alicyclic amines) is 1. The van der Waals surface area contributed by atoms with E-state index in [1.165, 1.54) is 12.5 Å². The van der Waals surface area contributed by atoms with Gasteiger partial charge in [0, 0.05) is 43.3 Å². The number of benzene rings is 1. The van der Waals surface area contributed by atoms with Crippen LogP contribution in [0.2, 0.25) is 0 Å². The summed E-state index contributed by atoms with van der Waals surface area (Å²) in [6.45, 7) is 6.30. The van der Waals surface area contributed by atoms with Crippen molar-refractivity contribution in [3.8, 4) is 0 Å². The summed E-state index contributed by atoms with van der Waals surface area (Å²) < 4.78 is 4.97. The molecule has 1 saturated heterocycles. The van der Waals surface area contributed by atoms with E-state index in [1.807, 2.05) is 13.8 Å². The highest BCUT2D eigenvalue weighted by Gasteiger charge is 2.28. The van der Waals surface area contributed by atoms with Crippen molar-refractivity contribution in [2.45, 2.75) is 26.7 Å². The lowest BCUT2D eigenvalue weighted by Crippen LogP contribution is -2.41. The molecular weight excluding hydrogens is 370 g/mol. The first-order valence-electron chi connectivity index (χ1n) is 10.0. The number of furan rings is 1. The fourth-order valence-electron chi connectivity index (χ4n) is 3.55. The van der Waals surface area contributed by atoms with E-state index in [9.17, 15) is 14.4 Å². The van der Waals surface area contributed by atoms with Crippen LogP contribution in [0, 0.1) is 5.92 Å². The molecule has 1 aliphatic rings. The van der Waals surface area contributed by atoms with Crippen LogP contribution in [0.4, 0.5) is 5.69 Å². The van der Waals surface area contributed by atoms with Gasteiger partial charge in [-0.1, -0.05) is 0 Å². The van der Waals surface area contributed by atoms with Gasteiger partial charge in [-0.05, 0) is 57.0 Å². The van der Waals surface area contributed by atoms with Crippen molar-refractivity contribution in [1.29, 1.82) is 0 Å². The molecule has 1 fully saturated rings. The van der Waals surface area contributed by atoms with Gasteiger partial charge in [-0.15, -0.1) is 0 Å². The van der Waals surface area contributed by atoms with Crippen LogP contribution in [0.15, 0.2) is 47.3 Å². The van der Waals surface area contributed by atoms with Crippen molar-refractivity contribution in [2.75, 3.05) is 31.5 Å². The Balaban J connectivity index is 1.52. The Morgan fingerprint density at radius 3 is 2.24 bits per heavy atom. The summed E-state index contributed by atoms with van der Waals surface area (Å²) in [5.74, 6) is -0.266. The summed E-state index contributed by atoms with van der Waals surface area (Å²) in [7, 11) is 0. The minimum Gasteiger partial charge on any atom is -0.472 e. The summed E-state index contributed by atoms with van der Waals surface area (Å²) in [6.07, 6.45) is 4.16. The minimum atomic E-state index is -0.139. The Labute approximate surface area is 170 Å². The first-order valence-corrected chi connectivity index (χ1v) is 10.0. The first-order chi connectivity index (χ1) is 14.0. The van der Waals surface area contributed by atoms with Crippen molar-refractivity contribution in [1.82, 2.24) is 9.80 Å². The van der Waals surface area contributed by atoms with E-state index in [-0.39, 0.29) is 23.6 Å². The fraction of sp³-hybridized carbons (Fsp3) is 0.409. The Hall–Kier alpha value is -3.09. The van der Waals surface area contributed by atoms with E-state index in [0.29, 0.717) is 55.8 Å². The Morgan fingerprint density at radius 1 is 1.03 bits per heavy atom. The molecule has 0 bridgehead atoms. The highest BCUT2D eigenvalue weighted by Crippen LogP contribution is 2.21. The van der Waals surface area contributed by atoms with Crippen molar-refractivity contribution in [2.24, 2.45) is 5.92 Å². The van der Waals surface area contributed by atoms with Crippen molar-refractivity contribution >= 4 is 23.4 Å². The normalized spacial score (nSPS) is 14.5. The number of nitrogens with one attached hydrogen (secondary N) is 1. The SMILES string of the molecule is CCN(CC)C(=O)c1ccc(NC(=O)C2CCN(C(=O)c3ccoc3)CC2)cc1. The topological polar surface area (TPSA) is 82.9 Å². The quantitative estimate of drug-likeness (QED) is 0.811. The maximum absolute atomic E-state index is 12.6. The van der Waals surface area contributed by atoms with Crippen LogP contribution in [-0.2, 0) is 4.79 Å². The third-order valence-corrected chi connectivity index (χ3v) is 5.37. The van der Waals surface area contributed by atoms with Gasteiger partial charge in [0.25, 0.3) is 11.8 Å². The Bertz CT molecular complexity index is 833. The molecule has 3 rings (SSSR count). The van der Waals surface area contributed by atoms with E-state index in [4.69, 9.17) is 4.42 Å². The number of amides is 3. The van der Waals surface area contributed by atoms with Crippen LogP contribution in [-0.4, -0.2) is 53.7 Å². The molecule has 2 aromatic rings. The molecule has 0 radical (unpaired) electrons. The van der Waals surface area contributed by atoms with Gasteiger partial charge in [0.2, 0.25) is 5.91 Å². The average Bonchev–Trinajstić information content (AvgIpc) is 3.29. The van der Waals surface area contributed by atoms with Gasteiger partial charge >= 0.3 is 0 Å². The van der Waals surface area contributed by atoms with Crippen LogP contribution >= 0.6 is 0 Å². The van der Waals surface area contributed by atoms with Crippen molar-refractivity contribution in [3.63, 3.8) is 0 Å². The monoisotopic (exact) mass is 397 g/mol. The van der Waals surface area contributed by atoms with Crippen LogP contribution < -0.4 is 5.32 Å². The molecule has 2 heterocycles. The average molecular weight is 397 g/mol. The molecule has 154 valence electrons. The summed E-state index contributed by atoms with van der Waals surface area (Å²) in [5, 5.41) is 2.92. The lowest BCUT2D eigenvalue weighted by Gasteiger charge is -2.31. The highest BCUT2D eigenvalue weighted by molar-refractivity contribution is 5.97. The molecule has 0 atom stereocenters. The molecule has 29 heavy (non-hydrogen) atoms. The molecule has 7 heteroatoms. The zero-order chi connectivity index (χ0) is 20.8. The van der Waals surface area contributed by atoms with Crippen molar-refractivity contribution in [3.05, 3.63) is 54.0 Å². The van der Waals surface area contributed by atoms with Crippen molar-refractivity contribution < 1.29 is 18.8 Å². The second-order valence-corrected chi connectivity index (χ2v) is 7.12. The molecule has 0 unspecified atom stereocenters. The number of hydrogen-bond donors (Lipinski definition) is 1. The summed E-state index contributed by atoms with van der Waals surface area (Å²) in [6, 6.07) is 8.64. The van der Waals surface area contributed by atoms with E-state index in [1.54, 1.807) is 40.1 Å². The van der Waals surface area contributed by atoms with Crippen LogP contribution in [0.25, 0.3) is 0 Å².